The smallest absolute Gasteiger partial charge is 0.225 e. The number of para-hydroxylation sites is 1. The average molecular weight is 319 g/mol. The van der Waals surface area contributed by atoms with Crippen LogP contribution in [0.2, 0.25) is 0 Å². The van der Waals surface area contributed by atoms with Crippen LogP contribution in [0.15, 0.2) is 48.7 Å². The van der Waals surface area contributed by atoms with E-state index in [9.17, 15) is 0 Å². The van der Waals surface area contributed by atoms with E-state index in [1.165, 1.54) is 0 Å². The van der Waals surface area contributed by atoms with E-state index in [2.05, 4.69) is 30.2 Å². The third-order valence-electron chi connectivity index (χ3n) is 3.39. The number of H-pyrrole nitrogens is 1. The molecule has 0 unspecified atom stereocenters. The van der Waals surface area contributed by atoms with Crippen LogP contribution in [0, 0.1) is 0 Å². The van der Waals surface area contributed by atoms with Crippen LogP contribution in [0.1, 0.15) is 0 Å². The maximum absolute atomic E-state index is 5.65. The Kier molecular flexibility index (Phi) is 3.16. The van der Waals surface area contributed by atoms with Crippen LogP contribution in [0.5, 0.6) is 0 Å². The van der Waals surface area contributed by atoms with Gasteiger partial charge in [0.2, 0.25) is 11.9 Å². The Morgan fingerprint density at radius 1 is 0.917 bits per heavy atom. The van der Waals surface area contributed by atoms with Crippen molar-refractivity contribution in [3.05, 3.63) is 48.7 Å². The molecule has 0 radical (unpaired) electrons. The van der Waals surface area contributed by atoms with Gasteiger partial charge in [-0.1, -0.05) is 18.2 Å². The first-order valence-corrected chi connectivity index (χ1v) is 7.13. The molecule has 0 aliphatic heterocycles. The van der Waals surface area contributed by atoms with Gasteiger partial charge in [0, 0.05) is 6.20 Å². The number of aromatic amines is 1. The normalized spacial score (nSPS) is 10.8. The molecule has 4 rings (SSSR count). The molecule has 0 saturated heterocycles. The molecular formula is C15H13N9. The fourth-order valence-corrected chi connectivity index (χ4v) is 2.37. The van der Waals surface area contributed by atoms with Crippen molar-refractivity contribution in [2.45, 2.75) is 0 Å². The Bertz CT molecular complexity index is 953. The molecule has 0 atom stereocenters. The summed E-state index contributed by atoms with van der Waals surface area (Å²) >= 11 is 0. The van der Waals surface area contributed by atoms with Crippen molar-refractivity contribution in [3.8, 4) is 28.6 Å². The second-order valence-corrected chi connectivity index (χ2v) is 5.01. The Labute approximate surface area is 136 Å². The molecule has 4 aromatic rings. The summed E-state index contributed by atoms with van der Waals surface area (Å²) in [6, 6.07) is 13.4. The van der Waals surface area contributed by atoms with Gasteiger partial charge in [0.15, 0.2) is 5.82 Å². The first-order chi connectivity index (χ1) is 11.7. The lowest BCUT2D eigenvalue weighted by molar-refractivity contribution is 0.880. The molecule has 9 heteroatoms. The van der Waals surface area contributed by atoms with E-state index in [0.717, 1.165) is 17.1 Å². The molecule has 3 aromatic heterocycles. The molecule has 0 saturated carbocycles. The zero-order chi connectivity index (χ0) is 16.5. The van der Waals surface area contributed by atoms with Gasteiger partial charge in [0.1, 0.15) is 5.69 Å². The minimum atomic E-state index is 0.0508. The second-order valence-electron chi connectivity index (χ2n) is 5.01. The largest absolute Gasteiger partial charge is 0.368 e. The van der Waals surface area contributed by atoms with Crippen molar-refractivity contribution in [1.82, 2.24) is 34.9 Å². The maximum atomic E-state index is 5.65. The number of nitrogen functional groups attached to an aromatic ring is 2. The predicted octanol–water partition coefficient (Wildman–Crippen LogP) is 1.28. The molecule has 3 heterocycles. The SMILES string of the molecule is Nc1nc(N)nc(-c2cc(-c3ccn[nH]3)n(-c3ccccc3)n2)n1. The van der Waals surface area contributed by atoms with E-state index in [1.807, 2.05) is 42.5 Å². The molecule has 0 bridgehead atoms. The zero-order valence-electron chi connectivity index (χ0n) is 12.5. The number of hydrogen-bond donors (Lipinski definition) is 3. The van der Waals surface area contributed by atoms with Crippen molar-refractivity contribution in [2.24, 2.45) is 0 Å². The highest BCUT2D eigenvalue weighted by molar-refractivity contribution is 5.65. The molecule has 118 valence electrons. The van der Waals surface area contributed by atoms with Crippen molar-refractivity contribution in [1.29, 1.82) is 0 Å². The number of aromatic nitrogens is 7. The van der Waals surface area contributed by atoms with E-state index in [-0.39, 0.29) is 11.9 Å². The van der Waals surface area contributed by atoms with Gasteiger partial charge in [-0.15, -0.1) is 0 Å². The van der Waals surface area contributed by atoms with Crippen molar-refractivity contribution < 1.29 is 0 Å². The number of nitrogens with two attached hydrogens (primary N) is 2. The monoisotopic (exact) mass is 319 g/mol. The van der Waals surface area contributed by atoms with Crippen molar-refractivity contribution in [3.63, 3.8) is 0 Å². The quantitative estimate of drug-likeness (QED) is 0.517. The van der Waals surface area contributed by atoms with Crippen LogP contribution in [0.25, 0.3) is 28.6 Å². The minimum absolute atomic E-state index is 0.0508. The van der Waals surface area contributed by atoms with Crippen LogP contribution in [-0.4, -0.2) is 34.9 Å². The van der Waals surface area contributed by atoms with E-state index in [4.69, 9.17) is 11.5 Å². The summed E-state index contributed by atoms with van der Waals surface area (Å²) in [5.74, 6) is 0.417. The third kappa shape index (κ3) is 2.43. The van der Waals surface area contributed by atoms with Crippen molar-refractivity contribution >= 4 is 11.9 Å². The summed E-state index contributed by atoms with van der Waals surface area (Å²) in [6.45, 7) is 0. The lowest BCUT2D eigenvalue weighted by atomic mass is 10.2. The highest BCUT2D eigenvalue weighted by Crippen LogP contribution is 2.26. The number of nitrogens with zero attached hydrogens (tertiary/aromatic N) is 6. The van der Waals surface area contributed by atoms with Crippen molar-refractivity contribution in [2.75, 3.05) is 11.5 Å². The Hall–Kier alpha value is -3.75. The van der Waals surface area contributed by atoms with Crippen LogP contribution < -0.4 is 11.5 Å². The summed E-state index contributed by atoms with van der Waals surface area (Å²) in [6.07, 6.45) is 1.68. The fraction of sp³-hybridized carbons (Fsp3) is 0. The van der Waals surface area contributed by atoms with E-state index in [1.54, 1.807) is 10.9 Å². The summed E-state index contributed by atoms with van der Waals surface area (Å²) in [7, 11) is 0. The number of rotatable bonds is 3. The van der Waals surface area contributed by atoms with Gasteiger partial charge < -0.3 is 11.5 Å². The van der Waals surface area contributed by atoms with Gasteiger partial charge in [-0.2, -0.15) is 25.1 Å². The lowest BCUT2D eigenvalue weighted by Crippen LogP contribution is -2.05. The molecule has 1 aromatic carbocycles. The van der Waals surface area contributed by atoms with Crippen LogP contribution in [-0.2, 0) is 0 Å². The molecule has 0 amide bonds. The van der Waals surface area contributed by atoms with E-state index in [0.29, 0.717) is 11.5 Å². The molecule has 0 aliphatic carbocycles. The third-order valence-corrected chi connectivity index (χ3v) is 3.39. The van der Waals surface area contributed by atoms with Gasteiger partial charge in [-0.3, -0.25) is 5.10 Å². The number of anilines is 2. The fourth-order valence-electron chi connectivity index (χ4n) is 2.37. The second kappa shape index (κ2) is 5.47. The number of nitrogens with one attached hydrogen (secondary N) is 1. The zero-order valence-corrected chi connectivity index (χ0v) is 12.5. The topological polar surface area (TPSA) is 137 Å². The average Bonchev–Trinajstić information content (AvgIpc) is 3.24. The lowest BCUT2D eigenvalue weighted by Gasteiger charge is -2.05. The van der Waals surface area contributed by atoms with Crippen LogP contribution in [0.3, 0.4) is 0 Å². The Morgan fingerprint density at radius 3 is 2.33 bits per heavy atom. The predicted molar refractivity (Wildman–Crippen MR) is 88.8 cm³/mol. The van der Waals surface area contributed by atoms with Gasteiger partial charge >= 0.3 is 0 Å². The van der Waals surface area contributed by atoms with E-state index < -0.39 is 0 Å². The highest BCUT2D eigenvalue weighted by Gasteiger charge is 2.16. The van der Waals surface area contributed by atoms with Gasteiger partial charge in [-0.25, -0.2) is 4.68 Å². The first-order valence-electron chi connectivity index (χ1n) is 7.13. The summed E-state index contributed by atoms with van der Waals surface area (Å²) < 4.78 is 1.78. The summed E-state index contributed by atoms with van der Waals surface area (Å²) in [5, 5.41) is 11.5. The maximum Gasteiger partial charge on any atom is 0.225 e. The van der Waals surface area contributed by atoms with Gasteiger partial charge in [0.05, 0.1) is 17.1 Å². The highest BCUT2D eigenvalue weighted by atomic mass is 15.3. The summed E-state index contributed by atoms with van der Waals surface area (Å²) in [4.78, 5) is 12.0. The van der Waals surface area contributed by atoms with Crippen LogP contribution in [0.4, 0.5) is 11.9 Å². The minimum Gasteiger partial charge on any atom is -0.368 e. The molecule has 0 spiro atoms. The standard InChI is InChI=1S/C15H13N9/c16-14-19-13(20-15(17)21-14)11-8-12(10-6-7-18-22-10)24(23-11)9-4-2-1-3-5-9/h1-8H,(H,18,22)(H4,16,17,19,20,21). The molecular weight excluding hydrogens is 306 g/mol. The molecule has 24 heavy (non-hydrogen) atoms. The van der Waals surface area contributed by atoms with E-state index >= 15 is 0 Å². The Balaban J connectivity index is 1.91. The number of hydrogen-bond acceptors (Lipinski definition) is 7. The molecule has 9 nitrogen and oxygen atoms in total. The first kappa shape index (κ1) is 13.9. The molecule has 0 fully saturated rings. The Morgan fingerprint density at radius 2 is 1.67 bits per heavy atom. The van der Waals surface area contributed by atoms with Gasteiger partial charge in [0.25, 0.3) is 0 Å². The van der Waals surface area contributed by atoms with Gasteiger partial charge in [-0.05, 0) is 24.3 Å². The molecule has 0 aliphatic rings. The number of benzene rings is 1. The summed E-state index contributed by atoms with van der Waals surface area (Å²) in [5.41, 5.74) is 14.4. The van der Waals surface area contributed by atoms with Crippen LogP contribution >= 0.6 is 0 Å². The molecule has 5 N–H and O–H groups in total.